The number of alkyl halides is 2. The van der Waals surface area contributed by atoms with E-state index in [1.165, 1.54) is 38.5 Å². The molecule has 0 aromatic rings. The molecule has 0 aliphatic heterocycles. The molecule has 0 nitrogen and oxygen atoms in total. The second-order valence-electron chi connectivity index (χ2n) is 12.0. The fourth-order valence-corrected chi connectivity index (χ4v) is 17.7. The van der Waals surface area contributed by atoms with Gasteiger partial charge in [0.15, 0.2) is 0 Å². The average Bonchev–Trinajstić information content (AvgIpc) is 3.12. The summed E-state index contributed by atoms with van der Waals surface area (Å²) >= 11 is 8.31. The number of hydrogen-bond donors (Lipinski definition) is 0. The molecule has 4 unspecified atom stereocenters. The summed E-state index contributed by atoms with van der Waals surface area (Å²) in [5.74, 6) is 7.65. The molecule has 4 aliphatic rings. The standard InChI is InChI=1S/C24H42Br2Si/c1-13-7-9-17-19(21(13)25)11-15(3)23(17)27(5,6)24-16(4)12-20-18(24)10-8-14(2)22(20)26/h13-24H,7-12H2,1-6H3/t13-,14-,15+,16+,17?,18?,19?,20?,21-,22-,23+,24+/m1/s1. The van der Waals surface area contributed by atoms with Crippen LogP contribution in [-0.2, 0) is 0 Å². The summed E-state index contributed by atoms with van der Waals surface area (Å²) in [6.45, 7) is 15.9. The van der Waals surface area contributed by atoms with Crippen LogP contribution in [0.5, 0.6) is 0 Å². The molecule has 4 saturated carbocycles. The summed E-state index contributed by atoms with van der Waals surface area (Å²) in [4.78, 5) is 1.56. The second-order valence-corrected chi connectivity index (χ2v) is 19.0. The van der Waals surface area contributed by atoms with Gasteiger partial charge in [-0.2, -0.15) is 0 Å². The molecule has 0 saturated heterocycles. The van der Waals surface area contributed by atoms with E-state index in [1.54, 1.807) is 0 Å². The normalized spacial score (nSPS) is 56.0. The molecular weight excluding hydrogens is 476 g/mol. The highest BCUT2D eigenvalue weighted by Crippen LogP contribution is 2.66. The smallest absolute Gasteiger partial charge is 0.0546 e. The Morgan fingerprint density at radius 2 is 0.926 bits per heavy atom. The molecule has 3 heteroatoms. The van der Waals surface area contributed by atoms with E-state index in [9.17, 15) is 0 Å². The number of hydrogen-bond acceptors (Lipinski definition) is 0. The summed E-state index contributed by atoms with van der Waals surface area (Å²) in [6.07, 6.45) is 8.95. The topological polar surface area (TPSA) is 0 Å². The minimum absolute atomic E-state index is 0.782. The van der Waals surface area contributed by atoms with E-state index < -0.39 is 8.07 Å². The van der Waals surface area contributed by atoms with Gasteiger partial charge >= 0.3 is 0 Å². The van der Waals surface area contributed by atoms with Crippen LogP contribution < -0.4 is 0 Å². The third-order valence-corrected chi connectivity index (χ3v) is 18.7. The van der Waals surface area contributed by atoms with Gasteiger partial charge in [0.2, 0.25) is 0 Å². The van der Waals surface area contributed by atoms with E-state index in [0.29, 0.717) is 0 Å². The van der Waals surface area contributed by atoms with Crippen molar-refractivity contribution < 1.29 is 0 Å². The average molecular weight is 518 g/mol. The molecule has 0 radical (unpaired) electrons. The predicted molar refractivity (Wildman–Crippen MR) is 129 cm³/mol. The SMILES string of the molecule is C[C@@H]1CCC2C(C[C@H](C)[C@@H]2[Si](C)(C)[C@@H]2C3CC[C@@H](C)[C@@H](Br)C3C[C@@H]2C)[C@@H]1Br. The highest BCUT2D eigenvalue weighted by molar-refractivity contribution is 9.09. The lowest BCUT2D eigenvalue weighted by Gasteiger charge is -2.49. The van der Waals surface area contributed by atoms with E-state index in [-0.39, 0.29) is 0 Å². The maximum absolute atomic E-state index is 4.16. The molecule has 156 valence electrons. The number of rotatable bonds is 2. The first-order valence-corrected chi connectivity index (χ1v) is 16.9. The predicted octanol–water partition coefficient (Wildman–Crippen LogP) is 8.37. The van der Waals surface area contributed by atoms with E-state index in [4.69, 9.17) is 0 Å². The molecule has 0 aromatic carbocycles. The van der Waals surface area contributed by atoms with Crippen molar-refractivity contribution >= 4 is 39.9 Å². The molecule has 4 aliphatic carbocycles. The largest absolute Gasteiger partial charge is 0.0885 e. The summed E-state index contributed by atoms with van der Waals surface area (Å²) < 4.78 is 0. The monoisotopic (exact) mass is 516 g/mol. The molecule has 27 heavy (non-hydrogen) atoms. The van der Waals surface area contributed by atoms with Crippen LogP contribution in [0, 0.1) is 47.3 Å². The van der Waals surface area contributed by atoms with Crippen LogP contribution in [0.3, 0.4) is 0 Å². The fraction of sp³-hybridized carbons (Fsp3) is 1.00. The molecule has 0 spiro atoms. The maximum atomic E-state index is 4.16. The second kappa shape index (κ2) is 7.70. The van der Waals surface area contributed by atoms with E-state index >= 15 is 0 Å². The first-order chi connectivity index (χ1) is 12.6. The van der Waals surface area contributed by atoms with Gasteiger partial charge in [-0.05, 0) is 97.0 Å². The summed E-state index contributed by atoms with van der Waals surface area (Å²) in [5, 5.41) is 0. The van der Waals surface area contributed by atoms with Gasteiger partial charge in [-0.25, -0.2) is 0 Å². The van der Waals surface area contributed by atoms with Gasteiger partial charge in [0.1, 0.15) is 0 Å². The van der Waals surface area contributed by atoms with Gasteiger partial charge in [0.25, 0.3) is 0 Å². The molecule has 4 rings (SSSR count). The summed E-state index contributed by atoms with van der Waals surface area (Å²) in [6, 6.07) is 0. The van der Waals surface area contributed by atoms with Crippen molar-refractivity contribution in [2.24, 2.45) is 47.3 Å². The Balaban J connectivity index is 1.61. The molecule has 12 atom stereocenters. The lowest BCUT2D eigenvalue weighted by Crippen LogP contribution is -2.48. The fourth-order valence-electron chi connectivity index (χ4n) is 9.26. The van der Waals surface area contributed by atoms with Crippen LogP contribution in [0.4, 0.5) is 0 Å². The highest BCUT2D eigenvalue weighted by Gasteiger charge is 2.60. The molecule has 0 bridgehead atoms. The van der Waals surface area contributed by atoms with Crippen molar-refractivity contribution in [2.45, 2.75) is 100 Å². The Hall–Kier alpha value is 1.18. The quantitative estimate of drug-likeness (QED) is 0.255. The first-order valence-electron chi connectivity index (χ1n) is 11.9. The van der Waals surface area contributed by atoms with Crippen LogP contribution in [-0.4, -0.2) is 17.7 Å². The molecule has 0 amide bonds. The van der Waals surface area contributed by atoms with Gasteiger partial charge in [0.05, 0.1) is 8.07 Å². The Kier molecular flexibility index (Phi) is 6.11. The van der Waals surface area contributed by atoms with Crippen molar-refractivity contribution in [1.82, 2.24) is 0 Å². The van der Waals surface area contributed by atoms with Crippen molar-refractivity contribution in [3.8, 4) is 0 Å². The Labute approximate surface area is 186 Å². The Morgan fingerprint density at radius 3 is 1.30 bits per heavy atom. The first kappa shape index (κ1) is 21.4. The van der Waals surface area contributed by atoms with Gasteiger partial charge in [-0.1, -0.05) is 72.6 Å². The molecule has 4 fully saturated rings. The van der Waals surface area contributed by atoms with Crippen molar-refractivity contribution in [1.29, 1.82) is 0 Å². The van der Waals surface area contributed by atoms with Gasteiger partial charge < -0.3 is 0 Å². The molecule has 0 heterocycles. The molecular formula is C24H42Br2Si. The molecule has 0 aromatic heterocycles. The van der Waals surface area contributed by atoms with Crippen LogP contribution in [0.25, 0.3) is 0 Å². The number of halogens is 2. The maximum Gasteiger partial charge on any atom is 0.0546 e. The van der Waals surface area contributed by atoms with E-state index in [2.05, 4.69) is 72.6 Å². The lowest BCUT2D eigenvalue weighted by molar-refractivity contribution is 0.223. The van der Waals surface area contributed by atoms with E-state index in [1.807, 2.05) is 0 Å². The molecule has 0 N–H and O–H groups in total. The minimum Gasteiger partial charge on any atom is -0.0885 e. The van der Waals surface area contributed by atoms with Crippen LogP contribution in [0.1, 0.15) is 66.2 Å². The van der Waals surface area contributed by atoms with Crippen LogP contribution in [0.2, 0.25) is 24.2 Å². The number of fused-ring (bicyclic) bond motifs is 2. The third-order valence-electron chi connectivity index (χ3n) is 10.1. The summed E-state index contributed by atoms with van der Waals surface area (Å²) in [5.41, 5.74) is 2.13. The van der Waals surface area contributed by atoms with Crippen molar-refractivity contribution in [3.05, 3.63) is 0 Å². The Morgan fingerprint density at radius 1 is 0.556 bits per heavy atom. The van der Waals surface area contributed by atoms with Crippen LogP contribution >= 0.6 is 31.9 Å². The lowest BCUT2D eigenvalue weighted by atomic mass is 9.76. The third kappa shape index (κ3) is 3.40. The zero-order valence-corrected chi connectivity index (χ0v) is 22.6. The van der Waals surface area contributed by atoms with Gasteiger partial charge in [-0.3, -0.25) is 0 Å². The summed E-state index contributed by atoms with van der Waals surface area (Å²) in [7, 11) is -1.32. The highest BCUT2D eigenvalue weighted by atomic mass is 79.9. The zero-order chi connectivity index (χ0) is 19.7. The van der Waals surface area contributed by atoms with Gasteiger partial charge in [0, 0.05) is 9.65 Å². The Bertz CT molecular complexity index is 502. The zero-order valence-electron chi connectivity index (χ0n) is 18.4. The minimum atomic E-state index is -1.32. The van der Waals surface area contributed by atoms with Gasteiger partial charge in [-0.15, -0.1) is 0 Å². The van der Waals surface area contributed by atoms with E-state index in [0.717, 1.165) is 68.1 Å². The van der Waals surface area contributed by atoms with Crippen molar-refractivity contribution in [2.75, 3.05) is 0 Å². The van der Waals surface area contributed by atoms with Crippen LogP contribution in [0.15, 0.2) is 0 Å². The van der Waals surface area contributed by atoms with Crippen molar-refractivity contribution in [3.63, 3.8) is 0 Å².